The summed E-state index contributed by atoms with van der Waals surface area (Å²) in [5, 5.41) is 14.9. The predicted molar refractivity (Wildman–Crippen MR) is 183 cm³/mol. The number of non-ortho nitro benzene ring substituents is 1. The molecule has 1 N–H and O–H groups in total. The topological polar surface area (TPSA) is 130 Å². The fraction of sp³-hybridized carbons (Fsp3) is 0.235. The lowest BCUT2D eigenvalue weighted by Gasteiger charge is -2.34. The van der Waals surface area contributed by atoms with E-state index >= 15 is 0 Å². The minimum atomic E-state index is -4.35. The van der Waals surface area contributed by atoms with E-state index in [9.17, 15) is 28.1 Å². The molecule has 13 heteroatoms. The predicted octanol–water partition coefficient (Wildman–Crippen LogP) is 6.65. The van der Waals surface area contributed by atoms with Gasteiger partial charge in [-0.3, -0.25) is 24.0 Å². The molecule has 4 aromatic rings. The van der Waals surface area contributed by atoms with E-state index in [0.29, 0.717) is 17.0 Å². The van der Waals surface area contributed by atoms with Crippen LogP contribution in [0.15, 0.2) is 108 Å². The first-order valence-corrected chi connectivity index (χ1v) is 17.0. The molecule has 47 heavy (non-hydrogen) atoms. The zero-order valence-corrected chi connectivity index (χ0v) is 28.1. The van der Waals surface area contributed by atoms with Gasteiger partial charge < -0.3 is 10.2 Å². The Morgan fingerprint density at radius 1 is 0.872 bits per heavy atom. The molecule has 2 atom stereocenters. The number of nitrogens with one attached hydrogen (secondary N) is 1. The maximum absolute atomic E-state index is 14.5. The maximum Gasteiger partial charge on any atom is 0.269 e. The first kappa shape index (κ1) is 35.4. The maximum atomic E-state index is 14.5. The third-order valence-electron chi connectivity index (χ3n) is 7.57. The minimum Gasteiger partial charge on any atom is -0.352 e. The van der Waals surface area contributed by atoms with Gasteiger partial charge >= 0.3 is 0 Å². The second kappa shape index (κ2) is 15.9. The molecule has 0 aliphatic carbocycles. The molecule has 4 aromatic carbocycles. The van der Waals surface area contributed by atoms with E-state index in [1.54, 1.807) is 36.4 Å². The van der Waals surface area contributed by atoms with Crippen molar-refractivity contribution >= 4 is 56.4 Å². The van der Waals surface area contributed by atoms with E-state index in [1.165, 1.54) is 41.3 Å². The monoisotopic (exact) mass is 696 g/mol. The third-order valence-corrected chi connectivity index (χ3v) is 10.1. The summed E-state index contributed by atoms with van der Waals surface area (Å²) >= 11 is 12.5. The highest BCUT2D eigenvalue weighted by Crippen LogP contribution is 2.28. The number of hydrogen-bond donors (Lipinski definition) is 1. The van der Waals surface area contributed by atoms with E-state index in [2.05, 4.69) is 5.32 Å². The molecule has 0 aromatic heterocycles. The molecule has 10 nitrogen and oxygen atoms in total. The van der Waals surface area contributed by atoms with Crippen molar-refractivity contribution < 1.29 is 22.9 Å². The molecule has 0 heterocycles. The normalized spacial score (nSPS) is 12.5. The van der Waals surface area contributed by atoms with Gasteiger partial charge in [0.15, 0.2) is 0 Å². The van der Waals surface area contributed by atoms with Crippen LogP contribution in [0, 0.1) is 10.1 Å². The van der Waals surface area contributed by atoms with Crippen LogP contribution in [0.3, 0.4) is 0 Å². The number of carbonyl (C=O) groups is 2. The van der Waals surface area contributed by atoms with Crippen LogP contribution in [0.25, 0.3) is 0 Å². The molecule has 0 fully saturated rings. The molecule has 0 spiro atoms. The minimum absolute atomic E-state index is 0.0333. The van der Waals surface area contributed by atoms with Crippen LogP contribution in [-0.4, -0.2) is 48.7 Å². The van der Waals surface area contributed by atoms with E-state index < -0.39 is 39.3 Å². The Morgan fingerprint density at radius 2 is 1.49 bits per heavy atom. The number of benzene rings is 4. The molecular formula is C34H34Cl2N4O6S. The molecule has 2 amide bonds. The molecule has 0 aliphatic rings. The molecule has 0 bridgehead atoms. The van der Waals surface area contributed by atoms with Crippen molar-refractivity contribution in [2.24, 2.45) is 0 Å². The largest absolute Gasteiger partial charge is 0.352 e. The summed E-state index contributed by atoms with van der Waals surface area (Å²) in [4.78, 5) is 40.4. The van der Waals surface area contributed by atoms with E-state index in [0.717, 1.165) is 9.87 Å². The van der Waals surface area contributed by atoms with Gasteiger partial charge in [-0.2, -0.15) is 0 Å². The lowest BCUT2D eigenvalue weighted by atomic mass is 10.0. The van der Waals surface area contributed by atoms with Gasteiger partial charge in [0, 0.05) is 31.1 Å². The Labute approximate surface area is 284 Å². The smallest absolute Gasteiger partial charge is 0.269 e. The summed E-state index contributed by atoms with van der Waals surface area (Å²) in [7, 11) is -4.35. The lowest BCUT2D eigenvalue weighted by molar-refractivity contribution is -0.384. The Kier molecular flexibility index (Phi) is 12.0. The summed E-state index contributed by atoms with van der Waals surface area (Å²) in [6.45, 7) is 2.97. The van der Waals surface area contributed by atoms with Gasteiger partial charge in [0.25, 0.3) is 15.7 Å². The second-order valence-electron chi connectivity index (χ2n) is 10.9. The van der Waals surface area contributed by atoms with Crippen LogP contribution in [-0.2, 0) is 32.6 Å². The van der Waals surface area contributed by atoms with Crippen LogP contribution in [0.1, 0.15) is 31.4 Å². The van der Waals surface area contributed by atoms with Crippen molar-refractivity contribution in [1.29, 1.82) is 0 Å². The number of carbonyl (C=O) groups excluding carboxylic acids is 2. The quantitative estimate of drug-likeness (QED) is 0.116. The summed E-state index contributed by atoms with van der Waals surface area (Å²) in [5.41, 5.74) is 1.14. The van der Waals surface area contributed by atoms with Crippen LogP contribution in [0.2, 0.25) is 10.0 Å². The average molecular weight is 698 g/mol. The van der Waals surface area contributed by atoms with Gasteiger partial charge in [0.2, 0.25) is 11.8 Å². The van der Waals surface area contributed by atoms with E-state index in [-0.39, 0.29) is 40.3 Å². The fourth-order valence-electron chi connectivity index (χ4n) is 4.82. The number of rotatable bonds is 14. The highest BCUT2D eigenvalue weighted by atomic mass is 35.5. The summed E-state index contributed by atoms with van der Waals surface area (Å²) in [5.74, 6) is -1.10. The SMILES string of the molecule is CC[C@H](C)NC(=O)[C@@H](Cc1ccccc1)N(Cc1ccc(Cl)c(Cl)c1)C(=O)CN(c1ccc([N+](=O)[O-])cc1)S(=O)(=O)c1ccccc1. The number of halogens is 2. The van der Waals surface area contributed by atoms with Crippen molar-refractivity contribution in [2.75, 3.05) is 10.8 Å². The van der Waals surface area contributed by atoms with Crippen molar-refractivity contribution in [2.45, 2.75) is 50.2 Å². The highest BCUT2D eigenvalue weighted by Gasteiger charge is 2.35. The molecule has 246 valence electrons. The zero-order valence-electron chi connectivity index (χ0n) is 25.8. The number of amides is 2. The zero-order chi connectivity index (χ0) is 34.1. The van der Waals surface area contributed by atoms with Crippen molar-refractivity contribution in [3.8, 4) is 0 Å². The number of nitrogens with zero attached hydrogens (tertiary/aromatic N) is 3. The summed E-state index contributed by atoms with van der Waals surface area (Å²) in [6, 6.07) is 25.2. The van der Waals surface area contributed by atoms with Crippen LogP contribution in [0.5, 0.6) is 0 Å². The Bertz CT molecular complexity index is 1810. The molecular weight excluding hydrogens is 663 g/mol. The lowest BCUT2D eigenvalue weighted by Crippen LogP contribution is -2.54. The highest BCUT2D eigenvalue weighted by molar-refractivity contribution is 7.92. The molecule has 4 rings (SSSR count). The fourth-order valence-corrected chi connectivity index (χ4v) is 6.57. The number of nitro groups is 1. The van der Waals surface area contributed by atoms with Gasteiger partial charge in [-0.25, -0.2) is 8.42 Å². The third kappa shape index (κ3) is 9.09. The van der Waals surface area contributed by atoms with Gasteiger partial charge in [0.1, 0.15) is 12.6 Å². The van der Waals surface area contributed by atoms with Gasteiger partial charge in [-0.05, 0) is 60.9 Å². The molecule has 0 unspecified atom stereocenters. The van der Waals surface area contributed by atoms with Crippen molar-refractivity contribution in [1.82, 2.24) is 10.2 Å². The first-order chi connectivity index (χ1) is 22.4. The summed E-state index contributed by atoms with van der Waals surface area (Å²) < 4.78 is 29.0. The van der Waals surface area contributed by atoms with E-state index in [4.69, 9.17) is 23.2 Å². The standard InChI is InChI=1S/C34H34Cl2N4O6S/c1-3-24(2)37-34(42)32(21-25-10-6-4-7-11-25)38(22-26-14-19-30(35)31(36)20-26)33(41)23-39(27-15-17-28(18-16-27)40(43)44)47(45,46)29-12-8-5-9-13-29/h4-20,24,32H,3,21-23H2,1-2H3,(H,37,42)/t24-,32+/m0/s1. The number of nitro benzene ring substituents is 1. The number of sulfonamides is 1. The van der Waals surface area contributed by atoms with Gasteiger partial charge in [-0.15, -0.1) is 0 Å². The Morgan fingerprint density at radius 3 is 2.06 bits per heavy atom. The van der Waals surface area contributed by atoms with Crippen LogP contribution < -0.4 is 9.62 Å². The Balaban J connectivity index is 1.83. The number of anilines is 1. The first-order valence-electron chi connectivity index (χ1n) is 14.8. The molecule has 0 saturated carbocycles. The van der Waals surface area contributed by atoms with Gasteiger partial charge in [0.05, 0.1) is 25.6 Å². The number of hydrogen-bond acceptors (Lipinski definition) is 6. The molecule has 0 aliphatic heterocycles. The van der Waals surface area contributed by atoms with Crippen LogP contribution >= 0.6 is 23.2 Å². The molecule has 0 radical (unpaired) electrons. The second-order valence-corrected chi connectivity index (χ2v) is 13.6. The average Bonchev–Trinajstić information content (AvgIpc) is 3.07. The molecule has 0 saturated heterocycles. The van der Waals surface area contributed by atoms with E-state index in [1.807, 2.05) is 44.2 Å². The van der Waals surface area contributed by atoms with Gasteiger partial charge in [-0.1, -0.05) is 84.7 Å². The van der Waals surface area contributed by atoms with Crippen molar-refractivity contribution in [3.63, 3.8) is 0 Å². The Hall–Kier alpha value is -4.45. The summed E-state index contributed by atoms with van der Waals surface area (Å²) in [6.07, 6.45) is 0.785. The van der Waals surface area contributed by atoms with Crippen molar-refractivity contribution in [3.05, 3.63) is 134 Å². The van der Waals surface area contributed by atoms with Crippen LogP contribution in [0.4, 0.5) is 11.4 Å².